The zero-order valence-corrected chi connectivity index (χ0v) is 7.41. The van der Waals surface area contributed by atoms with Crippen molar-refractivity contribution >= 4 is 0 Å². The predicted octanol–water partition coefficient (Wildman–Crippen LogP) is 1.52. The normalized spacial score (nSPS) is 8.85. The fourth-order valence-electron chi connectivity index (χ4n) is 1.11. The third kappa shape index (κ3) is 2.28. The minimum atomic E-state index is 0.332. The zero-order chi connectivity index (χ0) is 9.68. The topological polar surface area (TPSA) is 60.5 Å². The van der Waals surface area contributed by atoms with Crippen LogP contribution in [0.4, 0.5) is 0 Å². The maximum atomic E-state index is 8.47. The van der Waals surface area contributed by atoms with Gasteiger partial charge in [-0.1, -0.05) is 6.07 Å². The zero-order valence-electron chi connectivity index (χ0n) is 7.41. The van der Waals surface area contributed by atoms with Crippen LogP contribution in [0.25, 0.3) is 0 Å². The van der Waals surface area contributed by atoms with Crippen molar-refractivity contribution < 1.29 is 0 Å². The quantitative estimate of drug-likeness (QED) is 0.677. The number of nitrogens with zero attached hydrogens (tertiary/aromatic N) is 3. The van der Waals surface area contributed by atoms with Crippen molar-refractivity contribution in [1.29, 1.82) is 10.5 Å². The lowest BCUT2D eigenvalue weighted by molar-refractivity contribution is 1.05. The van der Waals surface area contributed by atoms with Gasteiger partial charge in [0.05, 0.1) is 30.7 Å². The van der Waals surface area contributed by atoms with E-state index in [1.165, 1.54) is 0 Å². The molecule has 1 aromatic heterocycles. The Balaban J connectivity index is 2.94. The second-order valence-electron chi connectivity index (χ2n) is 2.78. The molecule has 0 amide bonds. The van der Waals surface area contributed by atoms with E-state index in [0.29, 0.717) is 12.8 Å². The minimum absolute atomic E-state index is 0.332. The van der Waals surface area contributed by atoms with Gasteiger partial charge in [0.1, 0.15) is 0 Å². The lowest BCUT2D eigenvalue weighted by Crippen LogP contribution is -1.94. The summed E-state index contributed by atoms with van der Waals surface area (Å²) in [4.78, 5) is 4.11. The maximum Gasteiger partial charge on any atom is 0.0777 e. The van der Waals surface area contributed by atoms with E-state index in [9.17, 15) is 0 Å². The van der Waals surface area contributed by atoms with Crippen molar-refractivity contribution in [2.75, 3.05) is 0 Å². The van der Waals surface area contributed by atoms with E-state index in [1.807, 2.05) is 19.1 Å². The van der Waals surface area contributed by atoms with Crippen molar-refractivity contribution in [3.05, 3.63) is 29.1 Å². The van der Waals surface area contributed by atoms with Gasteiger partial charge in [0.15, 0.2) is 0 Å². The highest BCUT2D eigenvalue weighted by Crippen LogP contribution is 2.08. The smallest absolute Gasteiger partial charge is 0.0777 e. The van der Waals surface area contributed by atoms with Gasteiger partial charge in [-0.3, -0.25) is 4.98 Å². The van der Waals surface area contributed by atoms with Crippen LogP contribution in [0.1, 0.15) is 16.8 Å². The maximum absolute atomic E-state index is 8.47. The molecule has 0 bridgehead atoms. The molecule has 3 heteroatoms. The molecule has 0 aliphatic carbocycles. The van der Waals surface area contributed by atoms with E-state index < -0.39 is 0 Å². The molecule has 0 atom stereocenters. The van der Waals surface area contributed by atoms with Gasteiger partial charge in [-0.25, -0.2) is 0 Å². The van der Waals surface area contributed by atoms with E-state index in [4.69, 9.17) is 10.5 Å². The van der Waals surface area contributed by atoms with E-state index in [1.54, 1.807) is 6.20 Å². The molecule has 0 aliphatic heterocycles. The molecule has 0 saturated heterocycles. The fourth-order valence-corrected chi connectivity index (χ4v) is 1.11. The molecule has 3 nitrogen and oxygen atoms in total. The Bertz CT molecular complexity index is 382. The Kier molecular flexibility index (Phi) is 3.00. The fraction of sp³-hybridized carbons (Fsp3) is 0.300. The minimum Gasteiger partial charge on any atom is -0.260 e. The van der Waals surface area contributed by atoms with Crippen molar-refractivity contribution in [1.82, 2.24) is 4.98 Å². The number of nitriles is 2. The summed E-state index contributed by atoms with van der Waals surface area (Å²) in [6, 6.07) is 6.01. The molecule has 0 aromatic carbocycles. The number of hydrogen-bond acceptors (Lipinski definition) is 3. The van der Waals surface area contributed by atoms with Gasteiger partial charge in [0, 0.05) is 6.20 Å². The van der Waals surface area contributed by atoms with Crippen LogP contribution in [0, 0.1) is 29.6 Å². The van der Waals surface area contributed by atoms with E-state index in [0.717, 1.165) is 16.8 Å². The van der Waals surface area contributed by atoms with Crippen molar-refractivity contribution in [3.63, 3.8) is 0 Å². The Hall–Kier alpha value is -1.87. The molecule has 0 spiro atoms. The summed E-state index contributed by atoms with van der Waals surface area (Å²) < 4.78 is 0. The van der Waals surface area contributed by atoms with Crippen LogP contribution in [0.15, 0.2) is 12.3 Å². The van der Waals surface area contributed by atoms with E-state index >= 15 is 0 Å². The van der Waals surface area contributed by atoms with E-state index in [2.05, 4.69) is 11.1 Å². The molecule has 0 N–H and O–H groups in total. The third-order valence-corrected chi connectivity index (χ3v) is 1.77. The summed E-state index contributed by atoms with van der Waals surface area (Å²) in [5, 5.41) is 16.9. The van der Waals surface area contributed by atoms with Crippen molar-refractivity contribution in [3.8, 4) is 12.1 Å². The standard InChI is InChI=1S/C10H9N3/c1-8-6-9(2-4-11)7-13-10(8)3-5-12/h6-7H,2-3H2,1H3. The van der Waals surface area contributed by atoms with Gasteiger partial charge in [-0.15, -0.1) is 0 Å². The van der Waals surface area contributed by atoms with Crippen LogP contribution in [0.2, 0.25) is 0 Å². The summed E-state index contributed by atoms with van der Waals surface area (Å²) >= 11 is 0. The van der Waals surface area contributed by atoms with Crippen LogP contribution >= 0.6 is 0 Å². The molecule has 1 aromatic rings. The first-order valence-electron chi connectivity index (χ1n) is 3.96. The summed E-state index contributed by atoms with van der Waals surface area (Å²) in [6.07, 6.45) is 2.36. The van der Waals surface area contributed by atoms with Crippen molar-refractivity contribution in [2.45, 2.75) is 19.8 Å². The van der Waals surface area contributed by atoms with Gasteiger partial charge in [-0.2, -0.15) is 10.5 Å². The highest BCUT2D eigenvalue weighted by atomic mass is 14.7. The predicted molar refractivity (Wildman–Crippen MR) is 47.6 cm³/mol. The molecular weight excluding hydrogens is 162 g/mol. The number of rotatable bonds is 2. The van der Waals surface area contributed by atoms with Gasteiger partial charge in [0.2, 0.25) is 0 Å². The number of aryl methyl sites for hydroxylation is 1. The average Bonchev–Trinajstić information content (AvgIpc) is 2.10. The molecule has 1 heterocycles. The van der Waals surface area contributed by atoms with Crippen molar-refractivity contribution in [2.24, 2.45) is 0 Å². The van der Waals surface area contributed by atoms with Gasteiger partial charge >= 0.3 is 0 Å². The number of aromatic nitrogens is 1. The highest BCUT2D eigenvalue weighted by molar-refractivity contribution is 5.27. The summed E-state index contributed by atoms with van der Waals surface area (Å²) in [5.41, 5.74) is 2.68. The van der Waals surface area contributed by atoms with Crippen LogP contribution in [-0.2, 0) is 12.8 Å². The summed E-state index contributed by atoms with van der Waals surface area (Å²) in [6.45, 7) is 1.90. The van der Waals surface area contributed by atoms with E-state index in [-0.39, 0.29) is 0 Å². The first kappa shape index (κ1) is 9.22. The third-order valence-electron chi connectivity index (χ3n) is 1.77. The molecule has 0 unspecified atom stereocenters. The van der Waals surface area contributed by atoms with Gasteiger partial charge in [0.25, 0.3) is 0 Å². The van der Waals surface area contributed by atoms with Crippen LogP contribution < -0.4 is 0 Å². The Morgan fingerprint density at radius 1 is 1.31 bits per heavy atom. The average molecular weight is 171 g/mol. The first-order chi connectivity index (χ1) is 6.27. The second kappa shape index (κ2) is 4.23. The van der Waals surface area contributed by atoms with Gasteiger partial charge in [-0.05, 0) is 18.1 Å². The van der Waals surface area contributed by atoms with Crippen LogP contribution in [-0.4, -0.2) is 4.98 Å². The molecule has 64 valence electrons. The second-order valence-corrected chi connectivity index (χ2v) is 2.78. The molecule has 0 fully saturated rings. The SMILES string of the molecule is Cc1cc(CC#N)cnc1CC#N. The van der Waals surface area contributed by atoms with Crippen LogP contribution in [0.3, 0.4) is 0 Å². The molecular formula is C10H9N3. The molecule has 13 heavy (non-hydrogen) atoms. The first-order valence-corrected chi connectivity index (χ1v) is 3.96. The number of pyridine rings is 1. The number of hydrogen-bond donors (Lipinski definition) is 0. The highest BCUT2D eigenvalue weighted by Gasteiger charge is 2.00. The lowest BCUT2D eigenvalue weighted by Gasteiger charge is -2.01. The molecule has 1 rings (SSSR count). The largest absolute Gasteiger partial charge is 0.260 e. The lowest BCUT2D eigenvalue weighted by atomic mass is 10.1. The van der Waals surface area contributed by atoms with Gasteiger partial charge < -0.3 is 0 Å². The Morgan fingerprint density at radius 3 is 2.54 bits per heavy atom. The summed E-state index contributed by atoms with van der Waals surface area (Å²) in [7, 11) is 0. The Labute approximate surface area is 77.3 Å². The molecule has 0 radical (unpaired) electrons. The Morgan fingerprint density at radius 2 is 2.00 bits per heavy atom. The summed E-state index contributed by atoms with van der Waals surface area (Å²) in [5.74, 6) is 0. The van der Waals surface area contributed by atoms with Crippen LogP contribution in [0.5, 0.6) is 0 Å². The monoisotopic (exact) mass is 171 g/mol. The molecule has 0 saturated carbocycles. The molecule has 0 aliphatic rings.